The highest BCUT2D eigenvalue weighted by atomic mass is 32.1. The fourth-order valence-corrected chi connectivity index (χ4v) is 2.42. The molecule has 86 valence electrons. The fourth-order valence-electron chi connectivity index (χ4n) is 1.76. The normalized spacial score (nSPS) is 12.9. The average Bonchev–Trinajstić information content (AvgIpc) is 2.88. The van der Waals surface area contributed by atoms with Crippen LogP contribution in [0.25, 0.3) is 0 Å². The summed E-state index contributed by atoms with van der Waals surface area (Å²) in [5.41, 5.74) is 1.21. The van der Waals surface area contributed by atoms with Crippen LogP contribution >= 0.6 is 11.3 Å². The molecule has 0 saturated heterocycles. The van der Waals surface area contributed by atoms with Gasteiger partial charge >= 0.3 is 0 Å². The molecule has 1 unspecified atom stereocenters. The van der Waals surface area contributed by atoms with Crippen LogP contribution in [0.2, 0.25) is 0 Å². The zero-order chi connectivity index (χ0) is 11.4. The molecule has 1 atom stereocenters. The third-order valence-electron chi connectivity index (χ3n) is 2.52. The fraction of sp³-hybridized carbons (Fsp3) is 0.455. The summed E-state index contributed by atoms with van der Waals surface area (Å²) in [6, 6.07) is 0.295. The number of aromatic nitrogens is 3. The lowest BCUT2D eigenvalue weighted by molar-refractivity contribution is 0.520. The van der Waals surface area contributed by atoms with E-state index in [0.29, 0.717) is 6.04 Å². The second-order valence-corrected chi connectivity index (χ2v) is 4.65. The lowest BCUT2D eigenvalue weighted by Gasteiger charge is -2.16. The third kappa shape index (κ3) is 2.48. The van der Waals surface area contributed by atoms with Crippen LogP contribution in [0.4, 0.5) is 0 Å². The van der Waals surface area contributed by atoms with E-state index in [1.807, 2.05) is 31.1 Å². The standard InChI is InChI=1S/C11H16N4S/c1-3-13-9(6-11-14-4-5-16-11)10-7-12-8-15(10)2/h4-5,7-9,13H,3,6H2,1-2H3. The van der Waals surface area contributed by atoms with Crippen LogP contribution in [0.15, 0.2) is 24.1 Å². The van der Waals surface area contributed by atoms with Crippen LogP contribution in [-0.4, -0.2) is 21.1 Å². The van der Waals surface area contributed by atoms with Crippen LogP contribution in [-0.2, 0) is 13.5 Å². The summed E-state index contributed by atoms with van der Waals surface area (Å²) < 4.78 is 2.06. The number of likely N-dealkylation sites (N-methyl/N-ethyl adjacent to an activating group) is 1. The van der Waals surface area contributed by atoms with Gasteiger partial charge in [0.1, 0.15) is 0 Å². The van der Waals surface area contributed by atoms with Gasteiger partial charge in [-0.3, -0.25) is 0 Å². The van der Waals surface area contributed by atoms with Crippen LogP contribution < -0.4 is 5.32 Å². The Bertz CT molecular complexity index is 421. The molecule has 0 amide bonds. The number of nitrogens with one attached hydrogen (secondary N) is 1. The van der Waals surface area contributed by atoms with Crippen molar-refractivity contribution in [2.75, 3.05) is 6.54 Å². The Morgan fingerprint density at radius 3 is 3.00 bits per heavy atom. The first-order chi connectivity index (χ1) is 7.81. The molecule has 2 aromatic rings. The predicted molar refractivity (Wildman–Crippen MR) is 65.4 cm³/mol. The second kappa shape index (κ2) is 5.23. The quantitative estimate of drug-likeness (QED) is 0.860. The zero-order valence-electron chi connectivity index (χ0n) is 9.55. The lowest BCUT2D eigenvalue weighted by Crippen LogP contribution is -2.24. The van der Waals surface area contributed by atoms with Gasteiger partial charge in [-0.2, -0.15) is 0 Å². The molecular weight excluding hydrogens is 220 g/mol. The van der Waals surface area contributed by atoms with E-state index >= 15 is 0 Å². The van der Waals surface area contributed by atoms with Crippen molar-refractivity contribution in [1.82, 2.24) is 19.9 Å². The molecule has 0 spiro atoms. The van der Waals surface area contributed by atoms with E-state index < -0.39 is 0 Å². The molecule has 0 fully saturated rings. The molecule has 2 rings (SSSR count). The van der Waals surface area contributed by atoms with Crippen molar-refractivity contribution < 1.29 is 0 Å². The minimum absolute atomic E-state index is 0.295. The highest BCUT2D eigenvalue weighted by molar-refractivity contribution is 7.09. The third-order valence-corrected chi connectivity index (χ3v) is 3.33. The maximum atomic E-state index is 4.33. The van der Waals surface area contributed by atoms with Crippen LogP contribution in [0.5, 0.6) is 0 Å². The van der Waals surface area contributed by atoms with Gasteiger partial charge in [0.05, 0.1) is 23.1 Å². The van der Waals surface area contributed by atoms with Crippen molar-refractivity contribution in [2.45, 2.75) is 19.4 Å². The average molecular weight is 236 g/mol. The number of nitrogens with zero attached hydrogens (tertiary/aromatic N) is 3. The van der Waals surface area contributed by atoms with E-state index in [4.69, 9.17) is 0 Å². The van der Waals surface area contributed by atoms with Crippen LogP contribution in [0.1, 0.15) is 23.7 Å². The van der Waals surface area contributed by atoms with Gasteiger partial charge in [-0.25, -0.2) is 9.97 Å². The first-order valence-corrected chi connectivity index (χ1v) is 6.27. The van der Waals surface area contributed by atoms with Gasteiger partial charge in [-0.05, 0) is 6.54 Å². The molecule has 0 aliphatic heterocycles. The van der Waals surface area contributed by atoms with Crippen molar-refractivity contribution in [3.8, 4) is 0 Å². The highest BCUT2D eigenvalue weighted by Gasteiger charge is 2.15. The Balaban J connectivity index is 2.14. The monoisotopic (exact) mass is 236 g/mol. The number of aryl methyl sites for hydroxylation is 1. The van der Waals surface area contributed by atoms with Crippen molar-refractivity contribution in [2.24, 2.45) is 7.05 Å². The second-order valence-electron chi connectivity index (χ2n) is 3.67. The minimum Gasteiger partial charge on any atom is -0.336 e. The van der Waals surface area contributed by atoms with E-state index in [0.717, 1.165) is 18.0 Å². The van der Waals surface area contributed by atoms with Crippen LogP contribution in [0, 0.1) is 0 Å². The molecule has 2 aromatic heterocycles. The Morgan fingerprint density at radius 2 is 2.44 bits per heavy atom. The van der Waals surface area contributed by atoms with E-state index in [1.54, 1.807) is 11.3 Å². The maximum absolute atomic E-state index is 4.33. The van der Waals surface area contributed by atoms with Gasteiger partial charge in [-0.15, -0.1) is 11.3 Å². The van der Waals surface area contributed by atoms with E-state index in [9.17, 15) is 0 Å². The van der Waals surface area contributed by atoms with Gasteiger partial charge in [0.25, 0.3) is 0 Å². The van der Waals surface area contributed by atoms with Gasteiger partial charge in [0.2, 0.25) is 0 Å². The SMILES string of the molecule is CCNC(Cc1nccs1)c1cncn1C. The minimum atomic E-state index is 0.295. The maximum Gasteiger partial charge on any atom is 0.0946 e. The summed E-state index contributed by atoms with van der Waals surface area (Å²) in [5.74, 6) is 0. The number of hydrogen-bond donors (Lipinski definition) is 1. The molecule has 5 heteroatoms. The van der Waals surface area contributed by atoms with Gasteiger partial charge < -0.3 is 9.88 Å². The smallest absolute Gasteiger partial charge is 0.0946 e. The number of imidazole rings is 1. The van der Waals surface area contributed by atoms with Crippen LogP contribution in [0.3, 0.4) is 0 Å². The predicted octanol–water partition coefficient (Wildman–Crippen LogP) is 1.77. The van der Waals surface area contributed by atoms with Gasteiger partial charge in [0, 0.05) is 31.2 Å². The first-order valence-electron chi connectivity index (χ1n) is 5.39. The summed E-state index contributed by atoms with van der Waals surface area (Å²) in [6.07, 6.45) is 6.53. The molecular formula is C11H16N4S. The molecule has 4 nitrogen and oxygen atoms in total. The molecule has 2 heterocycles. The zero-order valence-corrected chi connectivity index (χ0v) is 10.4. The molecule has 0 bridgehead atoms. The summed E-state index contributed by atoms with van der Waals surface area (Å²) in [6.45, 7) is 3.06. The van der Waals surface area contributed by atoms with Gasteiger partial charge in [0.15, 0.2) is 0 Å². The van der Waals surface area contributed by atoms with Crippen molar-refractivity contribution in [3.05, 3.63) is 34.8 Å². The molecule has 0 aromatic carbocycles. The van der Waals surface area contributed by atoms with Gasteiger partial charge in [-0.1, -0.05) is 6.92 Å². The van der Waals surface area contributed by atoms with Crippen molar-refractivity contribution >= 4 is 11.3 Å². The molecule has 0 saturated carbocycles. The molecule has 0 aliphatic carbocycles. The van der Waals surface area contributed by atoms with Crippen molar-refractivity contribution in [3.63, 3.8) is 0 Å². The molecule has 1 N–H and O–H groups in total. The number of rotatable bonds is 5. The Hall–Kier alpha value is -1.20. The molecule has 16 heavy (non-hydrogen) atoms. The summed E-state index contributed by atoms with van der Waals surface area (Å²) in [5, 5.41) is 6.64. The van der Waals surface area contributed by atoms with E-state index in [-0.39, 0.29) is 0 Å². The Labute approximate surface area is 99.4 Å². The summed E-state index contributed by atoms with van der Waals surface area (Å²) in [7, 11) is 2.02. The number of hydrogen-bond acceptors (Lipinski definition) is 4. The van der Waals surface area contributed by atoms with Crippen molar-refractivity contribution in [1.29, 1.82) is 0 Å². The topological polar surface area (TPSA) is 42.7 Å². The largest absolute Gasteiger partial charge is 0.336 e. The summed E-state index contributed by atoms with van der Waals surface area (Å²) in [4.78, 5) is 8.49. The first kappa shape index (κ1) is 11.3. The number of thiazole rings is 1. The Kier molecular flexibility index (Phi) is 3.69. The molecule has 0 radical (unpaired) electrons. The summed E-state index contributed by atoms with van der Waals surface area (Å²) >= 11 is 1.70. The Morgan fingerprint density at radius 1 is 1.56 bits per heavy atom. The van der Waals surface area contributed by atoms with E-state index in [2.05, 4.69) is 26.8 Å². The highest BCUT2D eigenvalue weighted by Crippen LogP contribution is 2.18. The lowest BCUT2D eigenvalue weighted by atomic mass is 10.1. The van der Waals surface area contributed by atoms with E-state index in [1.165, 1.54) is 5.69 Å². The molecule has 0 aliphatic rings.